The highest BCUT2D eigenvalue weighted by Crippen LogP contribution is 2.19. The van der Waals surface area contributed by atoms with Crippen molar-refractivity contribution in [3.8, 4) is 0 Å². The topological polar surface area (TPSA) is 54.8 Å². The van der Waals surface area contributed by atoms with Crippen molar-refractivity contribution in [2.24, 2.45) is 5.92 Å². The molecule has 0 aliphatic heterocycles. The van der Waals surface area contributed by atoms with E-state index >= 15 is 0 Å². The highest BCUT2D eigenvalue weighted by molar-refractivity contribution is 6.31. The highest BCUT2D eigenvalue weighted by atomic mass is 35.5. The molecule has 6 nitrogen and oxygen atoms in total. The van der Waals surface area contributed by atoms with E-state index in [0.29, 0.717) is 37.7 Å². The van der Waals surface area contributed by atoms with Crippen LogP contribution in [0.2, 0.25) is 5.02 Å². The Bertz CT molecular complexity index is 1180. The summed E-state index contributed by atoms with van der Waals surface area (Å²) in [5.41, 5.74) is 1.90. The van der Waals surface area contributed by atoms with E-state index in [1.165, 1.54) is 23.1 Å². The lowest BCUT2D eigenvalue weighted by Gasteiger charge is -2.29. The molecule has 0 aliphatic rings. The lowest BCUT2D eigenvalue weighted by atomic mass is 10.1. The molecular weight excluding hydrogens is 493 g/mol. The lowest BCUT2D eigenvalue weighted by Crippen LogP contribution is -2.44. The second kappa shape index (κ2) is 14.0. The molecule has 37 heavy (non-hydrogen) atoms. The van der Waals surface area contributed by atoms with Gasteiger partial charge in [-0.2, -0.15) is 0 Å². The summed E-state index contributed by atoms with van der Waals surface area (Å²) in [5.74, 6) is -1.08. The van der Waals surface area contributed by atoms with Crippen LogP contribution in [0.4, 0.5) is 4.39 Å². The molecule has 2 aromatic carbocycles. The molecule has 198 valence electrons. The fraction of sp³-hybridized carbons (Fsp3) is 0.379. The van der Waals surface area contributed by atoms with Gasteiger partial charge in [-0.3, -0.25) is 9.59 Å². The van der Waals surface area contributed by atoms with Gasteiger partial charge in [0.2, 0.25) is 5.91 Å². The van der Waals surface area contributed by atoms with E-state index in [1.54, 1.807) is 18.1 Å². The molecule has 1 heterocycles. The molecule has 0 spiro atoms. The van der Waals surface area contributed by atoms with E-state index in [9.17, 15) is 14.0 Å². The minimum absolute atomic E-state index is 0.0447. The number of methoxy groups -OCH3 is 1. The number of hydrogen-bond acceptors (Lipinski definition) is 3. The number of aromatic nitrogens is 1. The van der Waals surface area contributed by atoms with Gasteiger partial charge in [0.25, 0.3) is 5.91 Å². The van der Waals surface area contributed by atoms with Crippen molar-refractivity contribution in [1.82, 2.24) is 14.4 Å². The van der Waals surface area contributed by atoms with Crippen LogP contribution in [-0.4, -0.2) is 59.5 Å². The van der Waals surface area contributed by atoms with Gasteiger partial charge in [0.15, 0.2) is 0 Å². The molecule has 0 fully saturated rings. The van der Waals surface area contributed by atoms with Crippen molar-refractivity contribution in [3.63, 3.8) is 0 Å². The van der Waals surface area contributed by atoms with E-state index < -0.39 is 11.7 Å². The molecular formula is C29H35ClFN3O3. The Morgan fingerprint density at radius 2 is 1.76 bits per heavy atom. The van der Waals surface area contributed by atoms with Crippen LogP contribution in [0.25, 0.3) is 0 Å². The van der Waals surface area contributed by atoms with Crippen LogP contribution in [-0.2, 0) is 22.6 Å². The van der Waals surface area contributed by atoms with Crippen molar-refractivity contribution in [2.45, 2.75) is 33.4 Å². The summed E-state index contributed by atoms with van der Waals surface area (Å²) < 4.78 is 21.6. The van der Waals surface area contributed by atoms with Crippen molar-refractivity contribution in [3.05, 3.63) is 94.5 Å². The zero-order valence-corrected chi connectivity index (χ0v) is 22.5. The molecule has 0 radical (unpaired) electrons. The van der Waals surface area contributed by atoms with Gasteiger partial charge in [0.05, 0.1) is 12.1 Å². The van der Waals surface area contributed by atoms with Gasteiger partial charge in [-0.25, -0.2) is 4.39 Å². The second-order valence-electron chi connectivity index (χ2n) is 9.44. The Balaban J connectivity index is 1.79. The highest BCUT2D eigenvalue weighted by Gasteiger charge is 2.25. The van der Waals surface area contributed by atoms with Crippen LogP contribution in [0.1, 0.15) is 41.9 Å². The average Bonchev–Trinajstić information content (AvgIpc) is 3.30. The molecule has 3 aromatic rings. The molecule has 0 atom stereocenters. The third-order valence-corrected chi connectivity index (χ3v) is 6.38. The number of ether oxygens (including phenoxy) is 1. The molecule has 2 amide bonds. The Morgan fingerprint density at radius 3 is 2.46 bits per heavy atom. The Labute approximate surface area is 223 Å². The smallest absolute Gasteiger partial charge is 0.257 e. The van der Waals surface area contributed by atoms with Crippen LogP contribution in [0.15, 0.2) is 66.9 Å². The Kier molecular flexibility index (Phi) is 10.7. The van der Waals surface area contributed by atoms with Gasteiger partial charge >= 0.3 is 0 Å². The number of nitrogens with zero attached hydrogens (tertiary/aromatic N) is 3. The van der Waals surface area contributed by atoms with E-state index in [-0.39, 0.29) is 30.5 Å². The number of rotatable bonds is 13. The number of halogens is 2. The SMILES string of the molecule is COCCCN(CC(=O)N(Cc1cccn1Cc1ccccc1Cl)CC(C)C)C(=O)c1ccccc1F. The van der Waals surface area contributed by atoms with Gasteiger partial charge in [-0.1, -0.05) is 55.8 Å². The first kappa shape index (κ1) is 28.4. The second-order valence-corrected chi connectivity index (χ2v) is 9.85. The molecule has 0 saturated heterocycles. The number of carbonyl (C=O) groups is 2. The maximum absolute atomic E-state index is 14.4. The maximum atomic E-state index is 14.4. The third-order valence-electron chi connectivity index (χ3n) is 6.01. The summed E-state index contributed by atoms with van der Waals surface area (Å²) in [4.78, 5) is 30.0. The average molecular weight is 528 g/mol. The van der Waals surface area contributed by atoms with E-state index in [0.717, 1.165) is 11.3 Å². The fourth-order valence-corrected chi connectivity index (χ4v) is 4.36. The van der Waals surface area contributed by atoms with E-state index in [4.69, 9.17) is 16.3 Å². The third kappa shape index (κ3) is 8.17. The standard InChI is InChI=1S/C29H35ClFN3O3/c1-22(2)18-34(20-24-11-8-15-32(24)19-23-10-4-6-13-26(23)30)28(35)21-33(16-9-17-37-3)29(36)25-12-5-7-14-27(25)31/h4-8,10-15,22H,9,16-21H2,1-3H3. The maximum Gasteiger partial charge on any atom is 0.257 e. The van der Waals surface area contributed by atoms with Gasteiger partial charge in [0, 0.05) is 50.3 Å². The summed E-state index contributed by atoms with van der Waals surface area (Å²) in [6.07, 6.45) is 2.50. The van der Waals surface area contributed by atoms with Crippen LogP contribution in [0.3, 0.4) is 0 Å². The summed E-state index contributed by atoms with van der Waals surface area (Å²) in [7, 11) is 1.58. The van der Waals surface area contributed by atoms with Crippen LogP contribution < -0.4 is 0 Å². The lowest BCUT2D eigenvalue weighted by molar-refractivity contribution is -0.133. The Hall–Kier alpha value is -3.16. The van der Waals surface area contributed by atoms with Crippen molar-refractivity contribution >= 4 is 23.4 Å². The molecule has 8 heteroatoms. The molecule has 1 aromatic heterocycles. The van der Waals surface area contributed by atoms with Gasteiger partial charge < -0.3 is 19.1 Å². The summed E-state index contributed by atoms with van der Waals surface area (Å²) in [5, 5.41) is 0.690. The van der Waals surface area contributed by atoms with Crippen LogP contribution in [0.5, 0.6) is 0 Å². The van der Waals surface area contributed by atoms with E-state index in [1.807, 2.05) is 56.4 Å². The number of benzene rings is 2. The summed E-state index contributed by atoms with van der Waals surface area (Å²) in [6.45, 7) is 6.15. The number of amides is 2. The minimum Gasteiger partial charge on any atom is -0.385 e. The molecule has 0 N–H and O–H groups in total. The van der Waals surface area contributed by atoms with Crippen LogP contribution >= 0.6 is 11.6 Å². The van der Waals surface area contributed by atoms with Crippen molar-refractivity contribution < 1.29 is 18.7 Å². The summed E-state index contributed by atoms with van der Waals surface area (Å²) >= 11 is 6.37. The van der Waals surface area contributed by atoms with Gasteiger partial charge in [-0.05, 0) is 48.2 Å². The molecule has 0 aliphatic carbocycles. The number of carbonyl (C=O) groups excluding carboxylic acids is 2. The molecule has 0 unspecified atom stereocenters. The minimum atomic E-state index is -0.604. The zero-order chi connectivity index (χ0) is 26.8. The van der Waals surface area contributed by atoms with Crippen molar-refractivity contribution in [1.29, 1.82) is 0 Å². The first-order chi connectivity index (χ1) is 17.8. The molecule has 0 saturated carbocycles. The largest absolute Gasteiger partial charge is 0.385 e. The predicted octanol–water partition coefficient (Wildman–Crippen LogP) is 5.49. The number of hydrogen-bond donors (Lipinski definition) is 0. The first-order valence-electron chi connectivity index (χ1n) is 12.5. The van der Waals surface area contributed by atoms with E-state index in [2.05, 4.69) is 4.57 Å². The quantitative estimate of drug-likeness (QED) is 0.276. The fourth-order valence-electron chi connectivity index (χ4n) is 4.17. The molecule has 0 bridgehead atoms. The zero-order valence-electron chi connectivity index (χ0n) is 21.7. The van der Waals surface area contributed by atoms with Crippen molar-refractivity contribution in [2.75, 3.05) is 33.4 Å². The monoisotopic (exact) mass is 527 g/mol. The Morgan fingerprint density at radius 1 is 1.03 bits per heavy atom. The van der Waals surface area contributed by atoms with Gasteiger partial charge in [-0.15, -0.1) is 0 Å². The normalized spacial score (nSPS) is 11.1. The predicted molar refractivity (Wildman–Crippen MR) is 144 cm³/mol. The summed E-state index contributed by atoms with van der Waals surface area (Å²) in [6, 6.07) is 17.5. The first-order valence-corrected chi connectivity index (χ1v) is 12.9. The van der Waals surface area contributed by atoms with Gasteiger partial charge in [0.1, 0.15) is 12.4 Å². The molecule has 3 rings (SSSR count). The van der Waals surface area contributed by atoms with Crippen LogP contribution in [0, 0.1) is 11.7 Å².